The Morgan fingerprint density at radius 3 is 1.32 bits per heavy atom. The molecule has 0 bridgehead atoms. The van der Waals surface area contributed by atoms with Crippen LogP contribution in [0.25, 0.3) is 0 Å². The van der Waals surface area contributed by atoms with Gasteiger partial charge in [-0.05, 0) is 52.5 Å². The van der Waals surface area contributed by atoms with E-state index in [0.717, 1.165) is 42.4 Å². The zero-order valence-corrected chi connectivity index (χ0v) is 31.4. The lowest BCUT2D eigenvalue weighted by Crippen LogP contribution is -2.18. The van der Waals surface area contributed by atoms with E-state index in [1.807, 2.05) is 12.1 Å². The highest BCUT2D eigenvalue weighted by atomic mass is 31.2. The van der Waals surface area contributed by atoms with Crippen LogP contribution in [0.3, 0.4) is 0 Å². The maximum atomic E-state index is 14.0. The van der Waals surface area contributed by atoms with Crippen LogP contribution in [0, 0.1) is 0 Å². The smallest absolute Gasteiger partial charge is 0.330 e. The maximum absolute atomic E-state index is 14.0. The number of benzene rings is 1. The Morgan fingerprint density at radius 1 is 0.568 bits per heavy atom. The highest BCUT2D eigenvalue weighted by Gasteiger charge is 2.28. The van der Waals surface area contributed by atoms with E-state index < -0.39 is 7.60 Å². The molecule has 0 aromatic heterocycles. The molecule has 0 aliphatic heterocycles. The zero-order valence-electron chi connectivity index (χ0n) is 30.5. The first-order chi connectivity index (χ1) is 20.8. The van der Waals surface area contributed by atoms with Gasteiger partial charge in [0.05, 0.1) is 19.4 Å². The molecule has 0 spiro atoms. The molecule has 4 nitrogen and oxygen atoms in total. The SMILES string of the molecule is CCCCCCCCCCCCOP(=O)(CCCCCCCCCCCC)OCc1cc(C(C)(C)C)c(O)c(C(C)(C)C)c1. The molecule has 1 rings (SSSR count). The minimum atomic E-state index is -3.22. The van der Waals surface area contributed by atoms with Gasteiger partial charge in [0.25, 0.3) is 0 Å². The summed E-state index contributed by atoms with van der Waals surface area (Å²) in [5.74, 6) is 0.361. The molecule has 0 amide bonds. The van der Waals surface area contributed by atoms with Crippen LogP contribution in [-0.2, 0) is 31.0 Å². The first kappa shape index (κ1) is 41.2. The van der Waals surface area contributed by atoms with Crippen LogP contribution >= 0.6 is 7.60 Å². The van der Waals surface area contributed by atoms with Gasteiger partial charge in [-0.2, -0.15) is 0 Å². The molecule has 1 N–H and O–H groups in total. The van der Waals surface area contributed by atoms with Crippen molar-refractivity contribution in [2.75, 3.05) is 12.8 Å². The number of aromatic hydroxyl groups is 1. The number of phenols is 1. The topological polar surface area (TPSA) is 55.8 Å². The second-order valence-corrected chi connectivity index (χ2v) is 17.5. The van der Waals surface area contributed by atoms with Gasteiger partial charge < -0.3 is 14.2 Å². The fourth-order valence-corrected chi connectivity index (χ4v) is 7.54. The van der Waals surface area contributed by atoms with Crippen LogP contribution in [0.5, 0.6) is 5.75 Å². The predicted molar refractivity (Wildman–Crippen MR) is 192 cm³/mol. The standard InChI is InChI=1S/C39H73O4P/c1-9-11-13-15-17-19-21-23-25-27-29-42-44(41,30-28-26-24-22-20-18-16-14-12-10-2)43-33-34-31-35(38(3,4)5)37(40)36(32-34)39(6,7)8/h31-32,40H,9-30,33H2,1-8H3. The van der Waals surface area contributed by atoms with Crippen molar-refractivity contribution in [2.45, 2.75) is 201 Å². The lowest BCUT2D eigenvalue weighted by Gasteiger charge is -2.28. The quantitative estimate of drug-likeness (QED) is 0.0812. The normalized spacial score (nSPS) is 13.8. The molecular formula is C39H73O4P. The van der Waals surface area contributed by atoms with Gasteiger partial charge in [-0.1, -0.05) is 171 Å². The average molecular weight is 637 g/mol. The summed E-state index contributed by atoms with van der Waals surface area (Å²) in [7, 11) is -3.22. The summed E-state index contributed by atoms with van der Waals surface area (Å²) in [6.07, 6.45) is 25.5. The molecule has 5 heteroatoms. The third-order valence-electron chi connectivity index (χ3n) is 8.79. The summed E-state index contributed by atoms with van der Waals surface area (Å²) < 4.78 is 26.3. The number of unbranched alkanes of at least 4 members (excludes halogenated alkanes) is 18. The van der Waals surface area contributed by atoms with E-state index in [2.05, 4.69) is 55.4 Å². The fourth-order valence-electron chi connectivity index (χ4n) is 5.85. The number of phenolic OH excluding ortho intramolecular Hbond substituents is 1. The molecule has 0 saturated heterocycles. The van der Waals surface area contributed by atoms with Gasteiger partial charge in [0.1, 0.15) is 5.75 Å². The molecule has 1 aromatic carbocycles. The van der Waals surface area contributed by atoms with Gasteiger partial charge in [0, 0.05) is 0 Å². The minimum absolute atomic E-state index is 0.216. The molecule has 44 heavy (non-hydrogen) atoms. The molecule has 258 valence electrons. The lowest BCUT2D eigenvalue weighted by molar-refractivity contribution is 0.193. The van der Waals surface area contributed by atoms with E-state index in [0.29, 0.717) is 18.5 Å². The van der Waals surface area contributed by atoms with Crippen LogP contribution in [0.15, 0.2) is 12.1 Å². The molecule has 0 radical (unpaired) electrons. The molecule has 1 unspecified atom stereocenters. The number of hydrogen-bond acceptors (Lipinski definition) is 4. The predicted octanol–water partition coefficient (Wildman–Crippen LogP) is 13.6. The third kappa shape index (κ3) is 18.3. The Morgan fingerprint density at radius 2 is 0.932 bits per heavy atom. The molecule has 1 atom stereocenters. The summed E-state index contributed by atoms with van der Waals surface area (Å²) in [5.41, 5.74) is 2.32. The van der Waals surface area contributed by atoms with E-state index in [1.54, 1.807) is 0 Å². The summed E-state index contributed by atoms with van der Waals surface area (Å²) >= 11 is 0. The van der Waals surface area contributed by atoms with E-state index in [9.17, 15) is 9.67 Å². The summed E-state index contributed by atoms with van der Waals surface area (Å²) in [4.78, 5) is 0. The van der Waals surface area contributed by atoms with Crippen molar-refractivity contribution in [3.8, 4) is 5.75 Å². The largest absolute Gasteiger partial charge is 0.507 e. The van der Waals surface area contributed by atoms with Crippen molar-refractivity contribution in [3.63, 3.8) is 0 Å². The van der Waals surface area contributed by atoms with Gasteiger partial charge in [-0.3, -0.25) is 4.57 Å². The van der Waals surface area contributed by atoms with Crippen LogP contribution in [0.2, 0.25) is 0 Å². The first-order valence-electron chi connectivity index (χ1n) is 18.6. The monoisotopic (exact) mass is 637 g/mol. The van der Waals surface area contributed by atoms with Crippen LogP contribution in [0.4, 0.5) is 0 Å². The van der Waals surface area contributed by atoms with Crippen molar-refractivity contribution < 1.29 is 18.7 Å². The Hall–Kier alpha value is -0.830. The molecule has 0 aliphatic rings. The Labute approximate surface area is 274 Å². The van der Waals surface area contributed by atoms with Gasteiger partial charge in [-0.25, -0.2) is 0 Å². The van der Waals surface area contributed by atoms with E-state index in [-0.39, 0.29) is 17.4 Å². The molecule has 0 aliphatic carbocycles. The zero-order chi connectivity index (χ0) is 32.9. The fraction of sp³-hybridized carbons (Fsp3) is 0.846. The van der Waals surface area contributed by atoms with Crippen LogP contribution < -0.4 is 0 Å². The van der Waals surface area contributed by atoms with E-state index >= 15 is 0 Å². The van der Waals surface area contributed by atoms with Gasteiger partial charge in [0.2, 0.25) is 0 Å². The summed E-state index contributed by atoms with van der Waals surface area (Å²) in [6, 6.07) is 4.05. The highest BCUT2D eigenvalue weighted by Crippen LogP contribution is 2.50. The second kappa shape index (κ2) is 22.7. The third-order valence-corrected chi connectivity index (χ3v) is 10.7. The van der Waals surface area contributed by atoms with E-state index in [1.165, 1.54) is 103 Å². The second-order valence-electron chi connectivity index (χ2n) is 15.3. The van der Waals surface area contributed by atoms with Crippen LogP contribution in [-0.4, -0.2) is 17.9 Å². The average Bonchev–Trinajstić information content (AvgIpc) is 2.95. The van der Waals surface area contributed by atoms with Crippen LogP contribution in [0.1, 0.15) is 200 Å². The molecule has 0 fully saturated rings. The van der Waals surface area contributed by atoms with Crippen molar-refractivity contribution in [3.05, 3.63) is 28.8 Å². The Balaban J connectivity index is 2.72. The maximum Gasteiger partial charge on any atom is 0.330 e. The van der Waals surface area contributed by atoms with Gasteiger partial charge in [0.15, 0.2) is 0 Å². The van der Waals surface area contributed by atoms with Crippen molar-refractivity contribution in [1.82, 2.24) is 0 Å². The first-order valence-corrected chi connectivity index (χ1v) is 20.3. The summed E-state index contributed by atoms with van der Waals surface area (Å²) in [5, 5.41) is 11.1. The number of hydrogen-bond donors (Lipinski definition) is 1. The summed E-state index contributed by atoms with van der Waals surface area (Å²) in [6.45, 7) is 18.0. The Bertz CT molecular complexity index is 877. The lowest BCUT2D eigenvalue weighted by atomic mass is 9.78. The number of rotatable bonds is 26. The minimum Gasteiger partial charge on any atom is -0.507 e. The van der Waals surface area contributed by atoms with Crippen molar-refractivity contribution in [2.24, 2.45) is 0 Å². The van der Waals surface area contributed by atoms with Gasteiger partial charge in [-0.15, -0.1) is 0 Å². The molecule has 0 saturated carbocycles. The molecule has 0 heterocycles. The van der Waals surface area contributed by atoms with Gasteiger partial charge >= 0.3 is 7.60 Å². The molecular weight excluding hydrogens is 563 g/mol. The van der Waals surface area contributed by atoms with Crippen molar-refractivity contribution >= 4 is 7.60 Å². The molecule has 1 aromatic rings. The van der Waals surface area contributed by atoms with E-state index in [4.69, 9.17) is 9.05 Å². The highest BCUT2D eigenvalue weighted by molar-refractivity contribution is 7.53. The Kier molecular flexibility index (Phi) is 21.2. The van der Waals surface area contributed by atoms with Crippen molar-refractivity contribution in [1.29, 1.82) is 0 Å².